The molecule has 0 radical (unpaired) electrons. The zero-order valence-corrected chi connectivity index (χ0v) is 12.6. The lowest BCUT2D eigenvalue weighted by atomic mass is 10.1. The van der Waals surface area contributed by atoms with Crippen LogP contribution in [0.2, 0.25) is 0 Å². The molecule has 0 fully saturated rings. The van der Waals surface area contributed by atoms with Crippen LogP contribution in [0.4, 0.5) is 4.39 Å². The SMILES string of the molecule is CC(C)C(CBr)NCc1cc(Br)ccc1F. The molecule has 0 heterocycles. The third-order valence-electron chi connectivity index (χ3n) is 2.53. The molecule has 0 saturated carbocycles. The number of benzene rings is 1. The summed E-state index contributed by atoms with van der Waals surface area (Å²) >= 11 is 6.80. The first kappa shape index (κ1) is 14.1. The minimum Gasteiger partial charge on any atom is -0.309 e. The Kier molecular flexibility index (Phi) is 5.94. The predicted molar refractivity (Wildman–Crippen MR) is 73.4 cm³/mol. The van der Waals surface area contributed by atoms with Crippen molar-refractivity contribution < 1.29 is 4.39 Å². The van der Waals surface area contributed by atoms with E-state index in [-0.39, 0.29) is 5.82 Å². The summed E-state index contributed by atoms with van der Waals surface area (Å²) in [5.41, 5.74) is 0.695. The zero-order valence-electron chi connectivity index (χ0n) is 9.43. The van der Waals surface area contributed by atoms with Crippen molar-refractivity contribution in [2.75, 3.05) is 5.33 Å². The van der Waals surface area contributed by atoms with E-state index in [1.54, 1.807) is 6.07 Å². The van der Waals surface area contributed by atoms with Crippen LogP contribution in [0.3, 0.4) is 0 Å². The summed E-state index contributed by atoms with van der Waals surface area (Å²) in [7, 11) is 0. The summed E-state index contributed by atoms with van der Waals surface area (Å²) in [5.74, 6) is 0.363. The fraction of sp³-hybridized carbons (Fsp3) is 0.500. The number of alkyl halides is 1. The first-order chi connectivity index (χ1) is 7.54. The van der Waals surface area contributed by atoms with E-state index in [9.17, 15) is 4.39 Å². The summed E-state index contributed by atoms with van der Waals surface area (Å²) < 4.78 is 14.4. The lowest BCUT2D eigenvalue weighted by Gasteiger charge is -2.20. The number of hydrogen-bond donors (Lipinski definition) is 1. The van der Waals surface area contributed by atoms with E-state index in [4.69, 9.17) is 0 Å². The molecular formula is C12H16Br2FN. The molecule has 0 aliphatic heterocycles. The third kappa shape index (κ3) is 4.15. The molecule has 4 heteroatoms. The molecule has 1 N–H and O–H groups in total. The van der Waals surface area contributed by atoms with Crippen LogP contribution in [0, 0.1) is 11.7 Å². The highest BCUT2D eigenvalue weighted by atomic mass is 79.9. The maximum Gasteiger partial charge on any atom is 0.127 e. The smallest absolute Gasteiger partial charge is 0.127 e. The second kappa shape index (κ2) is 6.72. The first-order valence-electron chi connectivity index (χ1n) is 5.28. The molecule has 1 nitrogen and oxygen atoms in total. The van der Waals surface area contributed by atoms with Gasteiger partial charge in [-0.3, -0.25) is 0 Å². The zero-order chi connectivity index (χ0) is 12.1. The second-order valence-electron chi connectivity index (χ2n) is 4.12. The van der Waals surface area contributed by atoms with Crippen molar-refractivity contribution in [1.82, 2.24) is 5.32 Å². The average molecular weight is 353 g/mol. The molecule has 1 unspecified atom stereocenters. The normalized spacial score (nSPS) is 13.1. The van der Waals surface area contributed by atoms with Crippen molar-refractivity contribution in [3.63, 3.8) is 0 Å². The number of rotatable bonds is 5. The average Bonchev–Trinajstić information content (AvgIpc) is 2.23. The highest BCUT2D eigenvalue weighted by molar-refractivity contribution is 9.10. The van der Waals surface area contributed by atoms with Crippen LogP contribution in [0.1, 0.15) is 19.4 Å². The molecule has 16 heavy (non-hydrogen) atoms. The molecule has 0 aliphatic rings. The van der Waals surface area contributed by atoms with Gasteiger partial charge in [0, 0.05) is 28.0 Å². The van der Waals surface area contributed by atoms with Crippen LogP contribution >= 0.6 is 31.9 Å². The molecule has 1 rings (SSSR count). The van der Waals surface area contributed by atoms with E-state index in [0.717, 1.165) is 9.80 Å². The number of nitrogens with one attached hydrogen (secondary N) is 1. The van der Waals surface area contributed by atoms with E-state index in [1.165, 1.54) is 6.07 Å². The Balaban J connectivity index is 2.63. The van der Waals surface area contributed by atoms with Gasteiger partial charge in [0.15, 0.2) is 0 Å². The standard InChI is InChI=1S/C12H16Br2FN/c1-8(2)12(6-13)16-7-9-5-10(14)3-4-11(9)15/h3-5,8,12,16H,6-7H2,1-2H3. The minimum atomic E-state index is -0.159. The summed E-state index contributed by atoms with van der Waals surface area (Å²) in [6, 6.07) is 5.37. The van der Waals surface area contributed by atoms with Gasteiger partial charge in [-0.05, 0) is 24.1 Å². The Morgan fingerprint density at radius 3 is 2.62 bits per heavy atom. The van der Waals surface area contributed by atoms with Gasteiger partial charge in [-0.1, -0.05) is 45.7 Å². The minimum absolute atomic E-state index is 0.159. The molecule has 90 valence electrons. The van der Waals surface area contributed by atoms with Gasteiger partial charge in [0.25, 0.3) is 0 Å². The van der Waals surface area contributed by atoms with Gasteiger partial charge in [-0.15, -0.1) is 0 Å². The molecule has 1 aromatic carbocycles. The molecule has 0 spiro atoms. The highest BCUT2D eigenvalue weighted by Crippen LogP contribution is 2.16. The van der Waals surface area contributed by atoms with Crippen LogP contribution in [0.5, 0.6) is 0 Å². The third-order valence-corrected chi connectivity index (χ3v) is 3.72. The van der Waals surface area contributed by atoms with E-state index in [2.05, 4.69) is 51.0 Å². The van der Waals surface area contributed by atoms with Crippen molar-refractivity contribution in [3.8, 4) is 0 Å². The Morgan fingerprint density at radius 1 is 1.38 bits per heavy atom. The Labute approximate surface area is 113 Å². The topological polar surface area (TPSA) is 12.0 Å². The van der Waals surface area contributed by atoms with Gasteiger partial charge in [0.1, 0.15) is 5.82 Å². The molecule has 0 saturated heterocycles. The van der Waals surface area contributed by atoms with Gasteiger partial charge < -0.3 is 5.32 Å². The van der Waals surface area contributed by atoms with Gasteiger partial charge in [-0.2, -0.15) is 0 Å². The Bertz CT molecular complexity index is 342. The van der Waals surface area contributed by atoms with Crippen LogP contribution in [-0.4, -0.2) is 11.4 Å². The van der Waals surface area contributed by atoms with Gasteiger partial charge in [0.2, 0.25) is 0 Å². The lowest BCUT2D eigenvalue weighted by molar-refractivity contribution is 0.429. The maximum absolute atomic E-state index is 13.5. The van der Waals surface area contributed by atoms with Crippen molar-refractivity contribution >= 4 is 31.9 Å². The van der Waals surface area contributed by atoms with E-state index in [0.29, 0.717) is 24.1 Å². The van der Waals surface area contributed by atoms with E-state index in [1.807, 2.05) is 6.07 Å². The molecular weight excluding hydrogens is 337 g/mol. The molecule has 0 bridgehead atoms. The van der Waals surface area contributed by atoms with E-state index < -0.39 is 0 Å². The van der Waals surface area contributed by atoms with E-state index >= 15 is 0 Å². The van der Waals surface area contributed by atoms with Crippen molar-refractivity contribution in [2.45, 2.75) is 26.4 Å². The first-order valence-corrected chi connectivity index (χ1v) is 7.19. The quantitative estimate of drug-likeness (QED) is 0.787. The monoisotopic (exact) mass is 351 g/mol. The van der Waals surface area contributed by atoms with Crippen LogP contribution in [0.25, 0.3) is 0 Å². The summed E-state index contributed by atoms with van der Waals surface area (Å²) in [6.45, 7) is 4.85. The Hall–Kier alpha value is 0.0700. The highest BCUT2D eigenvalue weighted by Gasteiger charge is 2.12. The fourth-order valence-electron chi connectivity index (χ4n) is 1.39. The summed E-state index contributed by atoms with van der Waals surface area (Å²) in [5, 5.41) is 4.22. The largest absolute Gasteiger partial charge is 0.309 e. The number of halogens is 3. The Morgan fingerprint density at radius 2 is 2.06 bits per heavy atom. The van der Waals surface area contributed by atoms with Gasteiger partial charge in [0.05, 0.1) is 0 Å². The lowest BCUT2D eigenvalue weighted by Crippen LogP contribution is -2.34. The summed E-state index contributed by atoms with van der Waals surface area (Å²) in [4.78, 5) is 0. The summed E-state index contributed by atoms with van der Waals surface area (Å²) in [6.07, 6.45) is 0. The van der Waals surface area contributed by atoms with Crippen LogP contribution in [-0.2, 0) is 6.54 Å². The van der Waals surface area contributed by atoms with Crippen LogP contribution in [0.15, 0.2) is 22.7 Å². The predicted octanol–water partition coefficient (Wildman–Crippen LogP) is 4.10. The molecule has 1 atom stereocenters. The van der Waals surface area contributed by atoms with Gasteiger partial charge in [-0.25, -0.2) is 4.39 Å². The van der Waals surface area contributed by atoms with Gasteiger partial charge >= 0.3 is 0 Å². The number of hydrogen-bond acceptors (Lipinski definition) is 1. The van der Waals surface area contributed by atoms with Crippen molar-refractivity contribution in [3.05, 3.63) is 34.1 Å². The molecule has 1 aromatic rings. The van der Waals surface area contributed by atoms with Crippen molar-refractivity contribution in [1.29, 1.82) is 0 Å². The molecule has 0 aromatic heterocycles. The fourth-order valence-corrected chi connectivity index (χ4v) is 2.77. The van der Waals surface area contributed by atoms with Crippen molar-refractivity contribution in [2.24, 2.45) is 5.92 Å². The molecule has 0 amide bonds. The second-order valence-corrected chi connectivity index (χ2v) is 5.68. The molecule has 0 aliphatic carbocycles. The maximum atomic E-state index is 13.5. The van der Waals surface area contributed by atoms with Crippen LogP contribution < -0.4 is 5.32 Å².